The molecule has 0 spiro atoms. The second-order valence-electron chi connectivity index (χ2n) is 10.8. The minimum atomic E-state index is -0.350. The number of aliphatic hydroxyl groups is 1. The van der Waals surface area contributed by atoms with Crippen molar-refractivity contribution in [1.82, 2.24) is 20.1 Å². The number of nitrogens with one attached hydrogen (secondary N) is 2. The van der Waals surface area contributed by atoms with E-state index in [1.807, 2.05) is 26.1 Å². The van der Waals surface area contributed by atoms with Crippen molar-refractivity contribution in [3.05, 3.63) is 53.9 Å². The molecule has 3 N–H and O–H groups in total. The minimum Gasteiger partial charge on any atom is -0.486 e. The molecule has 9 heteroatoms. The topological polar surface area (TPSA) is 107 Å². The fourth-order valence-electron chi connectivity index (χ4n) is 5.32. The number of ether oxygens (including phenoxy) is 1. The molecule has 2 heterocycles. The van der Waals surface area contributed by atoms with Gasteiger partial charge in [-0.1, -0.05) is 32.3 Å². The highest BCUT2D eigenvalue weighted by molar-refractivity contribution is 6.01. The monoisotopic (exact) mass is 523 g/mol. The molecule has 0 bridgehead atoms. The number of carbonyl (C=O) groups is 2. The van der Waals surface area contributed by atoms with Gasteiger partial charge in [-0.2, -0.15) is 0 Å². The fourth-order valence-corrected chi connectivity index (χ4v) is 5.32. The number of hydrogen-bond donors (Lipinski definition) is 3. The Balaban J connectivity index is 1.60. The third kappa shape index (κ3) is 7.02. The molecule has 1 aromatic heterocycles. The van der Waals surface area contributed by atoms with Gasteiger partial charge in [0.25, 0.3) is 5.91 Å². The Morgan fingerprint density at radius 2 is 1.95 bits per heavy atom. The third-order valence-corrected chi connectivity index (χ3v) is 7.57. The zero-order valence-corrected chi connectivity index (χ0v) is 22.7. The summed E-state index contributed by atoms with van der Waals surface area (Å²) in [5.74, 6) is 0.138. The first kappa shape index (κ1) is 27.9. The number of anilines is 1. The summed E-state index contributed by atoms with van der Waals surface area (Å²) in [7, 11) is 2.04. The van der Waals surface area contributed by atoms with E-state index in [0.717, 1.165) is 37.8 Å². The standard InChI is InChI=1S/C29H41N5O4/c1-20-16-34(21(2)19-35)28(36)24-10-7-11-25(32-29(37)31-23-8-5-4-6-9-23)27(24)38-26(20)18-33(3)17-22-12-14-30-15-13-22/h7,10-15,20-21,23,26,35H,4-6,8-9,16-19H2,1-3H3,(H2,31,32,37)/t20-,21+,26+/m0/s1. The van der Waals surface area contributed by atoms with Crippen LogP contribution in [0.25, 0.3) is 0 Å². The van der Waals surface area contributed by atoms with Crippen molar-refractivity contribution in [2.24, 2.45) is 5.92 Å². The van der Waals surface area contributed by atoms with E-state index in [9.17, 15) is 14.7 Å². The van der Waals surface area contributed by atoms with E-state index in [2.05, 4.69) is 27.4 Å². The van der Waals surface area contributed by atoms with Gasteiger partial charge in [0.1, 0.15) is 6.10 Å². The van der Waals surface area contributed by atoms with Crippen LogP contribution in [-0.2, 0) is 6.54 Å². The molecule has 1 saturated carbocycles. The molecule has 1 aromatic carbocycles. The lowest BCUT2D eigenvalue weighted by Crippen LogP contribution is -2.50. The highest BCUT2D eigenvalue weighted by Crippen LogP contribution is 2.35. The summed E-state index contributed by atoms with van der Waals surface area (Å²) in [4.78, 5) is 34.6. The quantitative estimate of drug-likeness (QED) is 0.485. The van der Waals surface area contributed by atoms with E-state index in [0.29, 0.717) is 30.1 Å². The van der Waals surface area contributed by atoms with E-state index < -0.39 is 0 Å². The number of likely N-dealkylation sites (N-methyl/N-ethyl adjacent to an activating group) is 1. The molecule has 1 aliphatic heterocycles. The summed E-state index contributed by atoms with van der Waals surface area (Å²) >= 11 is 0. The normalized spacial score (nSPS) is 21.2. The van der Waals surface area contributed by atoms with Crippen LogP contribution >= 0.6 is 0 Å². The second-order valence-corrected chi connectivity index (χ2v) is 10.8. The van der Waals surface area contributed by atoms with Crippen molar-refractivity contribution in [3.63, 3.8) is 0 Å². The maximum atomic E-state index is 13.7. The molecule has 38 heavy (non-hydrogen) atoms. The Kier molecular flexibility index (Phi) is 9.58. The number of para-hydroxylation sites is 1. The number of aliphatic hydroxyl groups excluding tert-OH is 1. The zero-order valence-electron chi connectivity index (χ0n) is 22.7. The molecule has 0 radical (unpaired) electrons. The molecule has 3 amide bonds. The van der Waals surface area contributed by atoms with Crippen molar-refractivity contribution < 1.29 is 19.4 Å². The molecular weight excluding hydrogens is 482 g/mol. The first-order chi connectivity index (χ1) is 18.4. The highest BCUT2D eigenvalue weighted by Gasteiger charge is 2.34. The molecule has 2 aliphatic rings. The molecule has 1 aliphatic carbocycles. The van der Waals surface area contributed by atoms with Crippen LogP contribution in [0.5, 0.6) is 5.75 Å². The zero-order chi connectivity index (χ0) is 27.1. The van der Waals surface area contributed by atoms with Crippen LogP contribution in [-0.4, -0.2) is 76.8 Å². The number of benzene rings is 1. The number of amides is 3. The smallest absolute Gasteiger partial charge is 0.319 e. The summed E-state index contributed by atoms with van der Waals surface area (Å²) in [6, 6.07) is 8.76. The maximum absolute atomic E-state index is 13.7. The van der Waals surface area contributed by atoms with Gasteiger partial charge in [-0.3, -0.25) is 14.7 Å². The predicted octanol–water partition coefficient (Wildman–Crippen LogP) is 3.89. The van der Waals surface area contributed by atoms with E-state index in [4.69, 9.17) is 4.74 Å². The van der Waals surface area contributed by atoms with Crippen LogP contribution in [0.2, 0.25) is 0 Å². The number of carbonyl (C=O) groups excluding carboxylic acids is 2. The Morgan fingerprint density at radius 3 is 2.66 bits per heavy atom. The molecular formula is C29H41N5O4. The van der Waals surface area contributed by atoms with Crippen molar-refractivity contribution in [1.29, 1.82) is 0 Å². The number of nitrogens with zero attached hydrogens (tertiary/aromatic N) is 3. The van der Waals surface area contributed by atoms with Crippen LogP contribution in [0.4, 0.5) is 10.5 Å². The lowest BCUT2D eigenvalue weighted by molar-refractivity contribution is 0.0343. The van der Waals surface area contributed by atoms with Gasteiger partial charge in [0.15, 0.2) is 5.75 Å². The van der Waals surface area contributed by atoms with Crippen LogP contribution in [0.1, 0.15) is 61.9 Å². The molecule has 0 unspecified atom stereocenters. The third-order valence-electron chi connectivity index (χ3n) is 7.57. The molecule has 2 aromatic rings. The van der Waals surface area contributed by atoms with Gasteiger partial charge in [0, 0.05) is 44.0 Å². The molecule has 206 valence electrons. The minimum absolute atomic E-state index is 0.0230. The maximum Gasteiger partial charge on any atom is 0.319 e. The number of pyridine rings is 1. The van der Waals surface area contributed by atoms with Crippen molar-refractivity contribution in [2.75, 3.05) is 32.1 Å². The van der Waals surface area contributed by atoms with Gasteiger partial charge < -0.3 is 25.4 Å². The van der Waals surface area contributed by atoms with E-state index in [1.165, 1.54) is 6.42 Å². The van der Waals surface area contributed by atoms with Crippen molar-refractivity contribution in [2.45, 2.75) is 70.7 Å². The largest absolute Gasteiger partial charge is 0.486 e. The molecule has 0 saturated heterocycles. The van der Waals surface area contributed by atoms with E-state index >= 15 is 0 Å². The van der Waals surface area contributed by atoms with Crippen molar-refractivity contribution >= 4 is 17.6 Å². The van der Waals surface area contributed by atoms with Crippen LogP contribution < -0.4 is 15.4 Å². The van der Waals surface area contributed by atoms with Crippen molar-refractivity contribution in [3.8, 4) is 5.75 Å². The van der Waals surface area contributed by atoms with E-state index in [-0.39, 0.29) is 42.7 Å². The Morgan fingerprint density at radius 1 is 1.21 bits per heavy atom. The molecule has 9 nitrogen and oxygen atoms in total. The first-order valence-electron chi connectivity index (χ1n) is 13.7. The fraction of sp³-hybridized carbons (Fsp3) is 0.552. The molecule has 4 rings (SSSR count). The van der Waals surface area contributed by atoms with Gasteiger partial charge in [0.2, 0.25) is 0 Å². The highest BCUT2D eigenvalue weighted by atomic mass is 16.5. The first-order valence-corrected chi connectivity index (χ1v) is 13.7. The van der Waals surface area contributed by atoms with Gasteiger partial charge in [0.05, 0.1) is 23.9 Å². The number of rotatable bonds is 8. The average molecular weight is 524 g/mol. The summed E-state index contributed by atoms with van der Waals surface area (Å²) in [5.41, 5.74) is 2.00. The van der Waals surface area contributed by atoms with Gasteiger partial charge >= 0.3 is 6.03 Å². The van der Waals surface area contributed by atoms with Crippen LogP contribution in [0.3, 0.4) is 0 Å². The number of aromatic nitrogens is 1. The lowest BCUT2D eigenvalue weighted by Gasteiger charge is -2.38. The van der Waals surface area contributed by atoms with Crippen LogP contribution in [0.15, 0.2) is 42.7 Å². The summed E-state index contributed by atoms with van der Waals surface area (Å²) in [6.07, 6.45) is 8.71. The number of hydrogen-bond acceptors (Lipinski definition) is 6. The Hall–Kier alpha value is -3.17. The van der Waals surface area contributed by atoms with Gasteiger partial charge in [-0.25, -0.2) is 4.79 Å². The molecule has 3 atom stereocenters. The summed E-state index contributed by atoms with van der Waals surface area (Å²) in [5, 5.41) is 15.9. The summed E-state index contributed by atoms with van der Waals surface area (Å²) < 4.78 is 6.61. The Labute approximate surface area is 225 Å². The van der Waals surface area contributed by atoms with Crippen LogP contribution in [0, 0.1) is 5.92 Å². The van der Waals surface area contributed by atoms with Gasteiger partial charge in [-0.05, 0) is 56.6 Å². The SMILES string of the molecule is C[C@H](CO)N1C[C@H](C)[C@@H](CN(C)Cc2ccncc2)Oc2c(NC(=O)NC3CCCCC3)cccc2C1=O. The predicted molar refractivity (Wildman–Crippen MR) is 147 cm³/mol. The number of fused-ring (bicyclic) bond motifs is 1. The van der Waals surface area contributed by atoms with Gasteiger partial charge in [-0.15, -0.1) is 0 Å². The number of urea groups is 1. The van der Waals surface area contributed by atoms with E-state index in [1.54, 1.807) is 35.5 Å². The molecule has 1 fully saturated rings. The summed E-state index contributed by atoms with van der Waals surface area (Å²) in [6.45, 7) is 5.56. The lowest BCUT2D eigenvalue weighted by atomic mass is 9.96. The average Bonchev–Trinajstić information content (AvgIpc) is 2.91. The second kappa shape index (κ2) is 13.1. The Bertz CT molecular complexity index is 1080.